The van der Waals surface area contributed by atoms with Gasteiger partial charge in [-0.1, -0.05) is 42.5 Å². The lowest BCUT2D eigenvalue weighted by atomic mass is 10.1. The number of aromatic nitrogens is 2. The summed E-state index contributed by atoms with van der Waals surface area (Å²) in [6, 6.07) is 12.1. The Labute approximate surface area is 167 Å². The number of hydrogen-bond donors (Lipinski definition) is 1. The largest absolute Gasteiger partial charge is 0.354 e. The van der Waals surface area contributed by atoms with Crippen molar-refractivity contribution in [3.63, 3.8) is 0 Å². The maximum absolute atomic E-state index is 12.3. The third kappa shape index (κ3) is 5.89. The molecule has 3 rings (SSSR count). The van der Waals surface area contributed by atoms with E-state index in [-0.39, 0.29) is 11.4 Å². The first kappa shape index (κ1) is 20.0. The van der Waals surface area contributed by atoms with Crippen molar-refractivity contribution in [3.05, 3.63) is 60.1 Å². The Kier molecular flexibility index (Phi) is 6.41. The van der Waals surface area contributed by atoms with Crippen LogP contribution in [0.4, 0.5) is 5.82 Å². The molecule has 2 heterocycles. The van der Waals surface area contributed by atoms with E-state index in [9.17, 15) is 4.79 Å². The average molecular weight is 380 g/mol. The third-order valence-electron chi connectivity index (χ3n) is 4.54. The molecule has 0 atom stereocenters. The highest BCUT2D eigenvalue weighted by Crippen LogP contribution is 2.15. The summed E-state index contributed by atoms with van der Waals surface area (Å²) in [5, 5.41) is 2.95. The molecule has 1 aromatic carbocycles. The van der Waals surface area contributed by atoms with Gasteiger partial charge in [0.1, 0.15) is 17.8 Å². The molecule has 28 heavy (non-hydrogen) atoms. The summed E-state index contributed by atoms with van der Waals surface area (Å²) in [4.78, 5) is 25.5. The van der Waals surface area contributed by atoms with Crippen LogP contribution in [-0.4, -0.2) is 59.0 Å². The lowest BCUT2D eigenvalue weighted by molar-refractivity contribution is 0.0914. The van der Waals surface area contributed by atoms with Gasteiger partial charge in [0.25, 0.3) is 5.91 Å². The molecule has 1 fully saturated rings. The monoisotopic (exact) mass is 379 g/mol. The molecule has 0 radical (unpaired) electrons. The van der Waals surface area contributed by atoms with Gasteiger partial charge < -0.3 is 10.2 Å². The molecule has 0 spiro atoms. The zero-order chi connectivity index (χ0) is 20.0. The van der Waals surface area contributed by atoms with E-state index in [1.807, 2.05) is 26.8 Å². The van der Waals surface area contributed by atoms with Crippen LogP contribution < -0.4 is 10.2 Å². The first-order valence-corrected chi connectivity index (χ1v) is 9.74. The number of benzene rings is 1. The van der Waals surface area contributed by atoms with E-state index in [2.05, 4.69) is 61.5 Å². The van der Waals surface area contributed by atoms with Crippen molar-refractivity contribution in [3.8, 4) is 0 Å². The topological polar surface area (TPSA) is 61.4 Å². The molecule has 1 aromatic heterocycles. The minimum atomic E-state index is -0.291. The molecule has 0 aliphatic carbocycles. The van der Waals surface area contributed by atoms with Gasteiger partial charge >= 0.3 is 0 Å². The van der Waals surface area contributed by atoms with Crippen molar-refractivity contribution in [2.24, 2.45) is 0 Å². The van der Waals surface area contributed by atoms with Crippen LogP contribution in [0.1, 0.15) is 36.8 Å². The summed E-state index contributed by atoms with van der Waals surface area (Å²) in [5.41, 5.74) is 1.34. The van der Waals surface area contributed by atoms with E-state index in [0.717, 1.165) is 38.5 Å². The molecule has 0 bridgehead atoms. The van der Waals surface area contributed by atoms with Crippen LogP contribution >= 0.6 is 0 Å². The van der Waals surface area contributed by atoms with Crippen LogP contribution in [0.2, 0.25) is 0 Å². The fourth-order valence-electron chi connectivity index (χ4n) is 3.11. The number of carbonyl (C=O) groups excluding carboxylic acids is 1. The first-order valence-electron chi connectivity index (χ1n) is 9.74. The van der Waals surface area contributed by atoms with Crippen molar-refractivity contribution < 1.29 is 4.79 Å². The second-order valence-corrected chi connectivity index (χ2v) is 8.07. The molecule has 6 nitrogen and oxygen atoms in total. The number of anilines is 1. The number of piperazine rings is 1. The first-order chi connectivity index (χ1) is 13.4. The lowest BCUT2D eigenvalue weighted by Crippen LogP contribution is -2.46. The highest BCUT2D eigenvalue weighted by molar-refractivity contribution is 5.93. The fourth-order valence-corrected chi connectivity index (χ4v) is 3.11. The van der Waals surface area contributed by atoms with Gasteiger partial charge in [-0.15, -0.1) is 0 Å². The summed E-state index contributed by atoms with van der Waals surface area (Å²) < 4.78 is 0. The molecule has 1 aliphatic heterocycles. The van der Waals surface area contributed by atoms with Gasteiger partial charge in [0.05, 0.1) is 0 Å². The molecule has 0 unspecified atom stereocenters. The Morgan fingerprint density at radius 2 is 1.82 bits per heavy atom. The van der Waals surface area contributed by atoms with Gasteiger partial charge in [0, 0.05) is 44.3 Å². The van der Waals surface area contributed by atoms with E-state index < -0.39 is 0 Å². The van der Waals surface area contributed by atoms with Crippen molar-refractivity contribution in [2.45, 2.75) is 26.3 Å². The van der Waals surface area contributed by atoms with Gasteiger partial charge in [0.15, 0.2) is 0 Å². The molecule has 1 amide bonds. The summed E-state index contributed by atoms with van der Waals surface area (Å²) in [7, 11) is 0. The number of amides is 1. The SMILES string of the molecule is CC(C)(C)NC(=O)c1cc(N2CCN(C/C=C/c3ccccc3)CC2)ncn1. The summed E-state index contributed by atoms with van der Waals surface area (Å²) in [5.74, 6) is 0.648. The predicted octanol–water partition coefficient (Wildman–Crippen LogP) is 2.84. The molecule has 2 aromatic rings. The second kappa shape index (κ2) is 8.97. The standard InChI is InChI=1S/C22H29N5O/c1-22(2,3)25-21(28)19-16-20(24-17-23-19)27-14-12-26(13-15-27)11-7-10-18-8-5-4-6-9-18/h4-10,16-17H,11-15H2,1-3H3,(H,25,28)/b10-7+. The summed E-state index contributed by atoms with van der Waals surface area (Å²) in [6.07, 6.45) is 5.85. The minimum absolute atomic E-state index is 0.166. The van der Waals surface area contributed by atoms with E-state index >= 15 is 0 Å². The third-order valence-corrected chi connectivity index (χ3v) is 4.54. The lowest BCUT2D eigenvalue weighted by Gasteiger charge is -2.34. The van der Waals surface area contributed by atoms with Gasteiger partial charge in [-0.3, -0.25) is 9.69 Å². The molecule has 1 aliphatic rings. The second-order valence-electron chi connectivity index (χ2n) is 8.07. The number of carbonyl (C=O) groups is 1. The number of rotatable bonds is 5. The zero-order valence-electron chi connectivity index (χ0n) is 16.9. The van der Waals surface area contributed by atoms with Gasteiger partial charge in [-0.2, -0.15) is 0 Å². The van der Waals surface area contributed by atoms with Gasteiger partial charge in [-0.05, 0) is 26.3 Å². The van der Waals surface area contributed by atoms with Crippen molar-refractivity contribution in [2.75, 3.05) is 37.6 Å². The Bertz CT molecular complexity index is 805. The maximum Gasteiger partial charge on any atom is 0.270 e. The van der Waals surface area contributed by atoms with E-state index in [1.54, 1.807) is 6.07 Å². The summed E-state index contributed by atoms with van der Waals surface area (Å²) >= 11 is 0. The number of hydrogen-bond acceptors (Lipinski definition) is 5. The molecule has 148 valence electrons. The zero-order valence-corrected chi connectivity index (χ0v) is 16.9. The van der Waals surface area contributed by atoms with Crippen LogP contribution in [0.15, 0.2) is 48.8 Å². The molecule has 1 saturated heterocycles. The Balaban J connectivity index is 1.53. The normalized spacial score (nSPS) is 15.8. The maximum atomic E-state index is 12.3. The molecular formula is C22H29N5O. The smallest absolute Gasteiger partial charge is 0.270 e. The van der Waals surface area contributed by atoms with Crippen molar-refractivity contribution in [1.29, 1.82) is 0 Å². The van der Waals surface area contributed by atoms with E-state index in [0.29, 0.717) is 5.69 Å². The Morgan fingerprint density at radius 1 is 1.11 bits per heavy atom. The highest BCUT2D eigenvalue weighted by Gasteiger charge is 2.20. The van der Waals surface area contributed by atoms with Crippen LogP contribution in [-0.2, 0) is 0 Å². The number of nitrogens with one attached hydrogen (secondary N) is 1. The van der Waals surface area contributed by atoms with Crippen molar-refractivity contribution >= 4 is 17.8 Å². The fraction of sp³-hybridized carbons (Fsp3) is 0.409. The molecule has 1 N–H and O–H groups in total. The van der Waals surface area contributed by atoms with Crippen LogP contribution in [0.3, 0.4) is 0 Å². The Hall–Kier alpha value is -2.73. The predicted molar refractivity (Wildman–Crippen MR) is 113 cm³/mol. The molecular weight excluding hydrogens is 350 g/mol. The van der Waals surface area contributed by atoms with Crippen LogP contribution in [0, 0.1) is 0 Å². The average Bonchev–Trinajstić information content (AvgIpc) is 2.68. The van der Waals surface area contributed by atoms with E-state index in [1.165, 1.54) is 11.9 Å². The van der Waals surface area contributed by atoms with Gasteiger partial charge in [0.2, 0.25) is 0 Å². The quantitative estimate of drug-likeness (QED) is 0.866. The molecule has 6 heteroatoms. The molecule has 0 saturated carbocycles. The Morgan fingerprint density at radius 3 is 2.50 bits per heavy atom. The van der Waals surface area contributed by atoms with Crippen LogP contribution in [0.5, 0.6) is 0 Å². The van der Waals surface area contributed by atoms with Gasteiger partial charge in [-0.25, -0.2) is 9.97 Å². The van der Waals surface area contributed by atoms with Crippen molar-refractivity contribution in [1.82, 2.24) is 20.2 Å². The minimum Gasteiger partial charge on any atom is -0.354 e. The van der Waals surface area contributed by atoms with Crippen LogP contribution in [0.25, 0.3) is 6.08 Å². The summed E-state index contributed by atoms with van der Waals surface area (Å²) in [6.45, 7) is 10.5. The van der Waals surface area contributed by atoms with E-state index in [4.69, 9.17) is 0 Å². The number of nitrogens with zero attached hydrogens (tertiary/aromatic N) is 4. The highest BCUT2D eigenvalue weighted by atomic mass is 16.2.